The number of halogens is 4. The molecule has 12 heteroatoms. The van der Waals surface area contributed by atoms with Gasteiger partial charge in [-0.05, 0) is 13.8 Å². The summed E-state index contributed by atoms with van der Waals surface area (Å²) in [5, 5.41) is 10.3. The standard InChI is InChI=1S/C21H20F4N8/c1-11-9-32(12(2)20(30-11)13-5-28-29-6-13)18-4-14(22)3-15(31-18)16-7-27-19-8-26-17(10-33(16)19)21(23,24)25/h3-8,10-12,20,30H,9H2,1-2H3,(H,28,29). The molecule has 1 saturated heterocycles. The van der Waals surface area contributed by atoms with Crippen molar-refractivity contribution in [2.45, 2.75) is 38.1 Å². The molecular weight excluding hydrogens is 440 g/mol. The van der Waals surface area contributed by atoms with Crippen LogP contribution < -0.4 is 10.2 Å². The lowest BCUT2D eigenvalue weighted by Gasteiger charge is -2.43. The topological polar surface area (TPSA) is 87.0 Å². The maximum Gasteiger partial charge on any atom is 0.434 e. The minimum atomic E-state index is -4.62. The van der Waals surface area contributed by atoms with Crippen molar-refractivity contribution in [3.8, 4) is 11.4 Å². The van der Waals surface area contributed by atoms with E-state index in [4.69, 9.17) is 0 Å². The van der Waals surface area contributed by atoms with E-state index in [0.29, 0.717) is 12.4 Å². The van der Waals surface area contributed by atoms with Gasteiger partial charge in [-0.3, -0.25) is 9.50 Å². The van der Waals surface area contributed by atoms with Crippen LogP contribution in [0.15, 0.2) is 43.1 Å². The van der Waals surface area contributed by atoms with Crippen LogP contribution in [0.25, 0.3) is 17.0 Å². The Kier molecular flexibility index (Phi) is 5.04. The number of alkyl halides is 3. The normalized spacial score (nSPS) is 21.6. The smallest absolute Gasteiger partial charge is 0.350 e. The monoisotopic (exact) mass is 460 g/mol. The zero-order valence-corrected chi connectivity index (χ0v) is 17.7. The molecule has 0 bridgehead atoms. The first kappa shape index (κ1) is 21.3. The van der Waals surface area contributed by atoms with Gasteiger partial charge in [0.2, 0.25) is 0 Å². The van der Waals surface area contributed by atoms with E-state index in [1.54, 1.807) is 12.4 Å². The first-order chi connectivity index (χ1) is 15.7. The molecule has 0 aromatic carbocycles. The van der Waals surface area contributed by atoms with Gasteiger partial charge < -0.3 is 10.2 Å². The van der Waals surface area contributed by atoms with Crippen molar-refractivity contribution in [3.63, 3.8) is 0 Å². The Bertz CT molecular complexity index is 1280. The van der Waals surface area contributed by atoms with Crippen LogP contribution in [0.5, 0.6) is 0 Å². The molecule has 1 aliphatic heterocycles. The predicted molar refractivity (Wildman–Crippen MR) is 112 cm³/mol. The van der Waals surface area contributed by atoms with Crippen molar-refractivity contribution >= 4 is 11.5 Å². The van der Waals surface area contributed by atoms with Crippen molar-refractivity contribution in [1.29, 1.82) is 0 Å². The first-order valence-corrected chi connectivity index (χ1v) is 10.3. The third-order valence-corrected chi connectivity index (χ3v) is 5.81. The lowest BCUT2D eigenvalue weighted by molar-refractivity contribution is -0.141. The number of H-pyrrole nitrogens is 1. The fourth-order valence-corrected chi connectivity index (χ4v) is 4.23. The average Bonchev–Trinajstić information content (AvgIpc) is 3.43. The Balaban J connectivity index is 1.56. The zero-order chi connectivity index (χ0) is 23.3. The summed E-state index contributed by atoms with van der Waals surface area (Å²) in [5.41, 5.74) is 0.508. The Labute approximate surface area is 185 Å². The van der Waals surface area contributed by atoms with Crippen LogP contribution in [0.2, 0.25) is 0 Å². The van der Waals surface area contributed by atoms with Gasteiger partial charge in [-0.2, -0.15) is 18.3 Å². The van der Waals surface area contributed by atoms with Gasteiger partial charge in [0, 0.05) is 48.7 Å². The second-order valence-corrected chi connectivity index (χ2v) is 8.14. The molecule has 2 N–H and O–H groups in total. The highest BCUT2D eigenvalue weighted by Gasteiger charge is 2.35. The fraction of sp³-hybridized carbons (Fsp3) is 0.333. The zero-order valence-electron chi connectivity index (χ0n) is 17.7. The van der Waals surface area contributed by atoms with E-state index >= 15 is 0 Å². The van der Waals surface area contributed by atoms with Crippen LogP contribution >= 0.6 is 0 Å². The average molecular weight is 460 g/mol. The van der Waals surface area contributed by atoms with Gasteiger partial charge in [0.15, 0.2) is 11.3 Å². The Morgan fingerprint density at radius 1 is 1.09 bits per heavy atom. The number of nitrogens with zero attached hydrogens (tertiary/aromatic N) is 6. The summed E-state index contributed by atoms with van der Waals surface area (Å²) in [5.74, 6) is -0.160. The van der Waals surface area contributed by atoms with Gasteiger partial charge >= 0.3 is 6.18 Å². The molecule has 0 aliphatic carbocycles. The minimum absolute atomic E-state index is 0.0720. The van der Waals surface area contributed by atoms with Crippen LogP contribution in [0.4, 0.5) is 23.4 Å². The number of piperazine rings is 1. The number of fused-ring (bicyclic) bond motifs is 1. The van der Waals surface area contributed by atoms with Gasteiger partial charge in [-0.15, -0.1) is 0 Å². The number of anilines is 1. The summed E-state index contributed by atoms with van der Waals surface area (Å²) < 4.78 is 55.4. The van der Waals surface area contributed by atoms with Crippen molar-refractivity contribution in [2.24, 2.45) is 0 Å². The van der Waals surface area contributed by atoms with Crippen LogP contribution in [0.1, 0.15) is 31.1 Å². The highest BCUT2D eigenvalue weighted by molar-refractivity contribution is 5.62. The molecule has 0 spiro atoms. The molecule has 172 valence electrons. The highest BCUT2D eigenvalue weighted by Crippen LogP contribution is 2.32. The second kappa shape index (κ2) is 7.80. The molecule has 0 amide bonds. The van der Waals surface area contributed by atoms with Gasteiger partial charge in [0.05, 0.1) is 36.0 Å². The van der Waals surface area contributed by atoms with Crippen molar-refractivity contribution in [2.75, 3.05) is 11.4 Å². The molecule has 3 atom stereocenters. The highest BCUT2D eigenvalue weighted by atomic mass is 19.4. The molecule has 4 aromatic heterocycles. The quantitative estimate of drug-likeness (QED) is 0.455. The summed E-state index contributed by atoms with van der Waals surface area (Å²) in [6, 6.07) is 2.42. The second-order valence-electron chi connectivity index (χ2n) is 8.14. The minimum Gasteiger partial charge on any atom is -0.350 e. The fourth-order valence-electron chi connectivity index (χ4n) is 4.23. The molecule has 1 aliphatic rings. The van der Waals surface area contributed by atoms with Crippen molar-refractivity contribution < 1.29 is 17.6 Å². The molecule has 0 radical (unpaired) electrons. The lowest BCUT2D eigenvalue weighted by Crippen LogP contribution is -2.56. The van der Waals surface area contributed by atoms with E-state index in [0.717, 1.165) is 18.0 Å². The number of aromatic nitrogens is 6. The molecule has 3 unspecified atom stereocenters. The molecule has 1 fully saturated rings. The summed E-state index contributed by atoms with van der Waals surface area (Å²) in [7, 11) is 0. The number of rotatable bonds is 3. The maximum absolute atomic E-state index is 14.7. The van der Waals surface area contributed by atoms with Gasteiger partial charge in [0.25, 0.3) is 0 Å². The third-order valence-electron chi connectivity index (χ3n) is 5.81. The van der Waals surface area contributed by atoms with Crippen molar-refractivity contribution in [3.05, 3.63) is 60.2 Å². The lowest BCUT2D eigenvalue weighted by atomic mass is 9.97. The van der Waals surface area contributed by atoms with E-state index in [2.05, 4.69) is 30.5 Å². The summed E-state index contributed by atoms with van der Waals surface area (Å²) in [6.45, 7) is 4.58. The largest absolute Gasteiger partial charge is 0.434 e. The SMILES string of the molecule is CC1CN(c2cc(F)cc(-c3cnc4cnc(C(F)(F)F)cn34)n2)C(C)C(c2cn[nH]c2)N1. The Morgan fingerprint density at radius 2 is 1.91 bits per heavy atom. The van der Waals surface area contributed by atoms with Crippen molar-refractivity contribution in [1.82, 2.24) is 34.9 Å². The van der Waals surface area contributed by atoms with Crippen LogP contribution in [-0.4, -0.2) is 48.2 Å². The van der Waals surface area contributed by atoms with E-state index in [1.165, 1.54) is 22.7 Å². The third kappa shape index (κ3) is 3.90. The molecule has 5 rings (SSSR count). The number of aromatic amines is 1. The van der Waals surface area contributed by atoms with E-state index in [9.17, 15) is 17.6 Å². The summed E-state index contributed by atoms with van der Waals surface area (Å²) >= 11 is 0. The van der Waals surface area contributed by atoms with E-state index < -0.39 is 17.7 Å². The van der Waals surface area contributed by atoms with E-state index in [1.807, 2.05) is 18.7 Å². The molecule has 4 aromatic rings. The molecule has 5 heterocycles. The van der Waals surface area contributed by atoms with E-state index in [-0.39, 0.29) is 35.2 Å². The number of imidazole rings is 1. The summed E-state index contributed by atoms with van der Waals surface area (Å²) in [6.07, 6.45) is 2.15. The first-order valence-electron chi connectivity index (χ1n) is 10.3. The number of hydrogen-bond donors (Lipinski definition) is 2. The number of nitrogens with one attached hydrogen (secondary N) is 2. The van der Waals surface area contributed by atoms with Crippen LogP contribution in [-0.2, 0) is 6.18 Å². The van der Waals surface area contributed by atoms with Gasteiger partial charge in [0.1, 0.15) is 11.6 Å². The predicted octanol–water partition coefficient (Wildman–Crippen LogP) is 3.60. The van der Waals surface area contributed by atoms with Gasteiger partial charge in [-0.1, -0.05) is 0 Å². The van der Waals surface area contributed by atoms with Crippen LogP contribution in [0.3, 0.4) is 0 Å². The maximum atomic E-state index is 14.7. The summed E-state index contributed by atoms with van der Waals surface area (Å²) in [4.78, 5) is 14.1. The van der Waals surface area contributed by atoms with Gasteiger partial charge in [-0.25, -0.2) is 19.3 Å². The molecular formula is C21H20F4N8. The number of pyridine rings is 1. The molecule has 8 nitrogen and oxygen atoms in total. The van der Waals surface area contributed by atoms with Crippen LogP contribution in [0, 0.1) is 5.82 Å². The Morgan fingerprint density at radius 3 is 2.64 bits per heavy atom. The Hall–Kier alpha value is -3.54. The molecule has 0 saturated carbocycles. The molecule has 33 heavy (non-hydrogen) atoms. The number of hydrogen-bond acceptors (Lipinski definition) is 6.